The summed E-state index contributed by atoms with van der Waals surface area (Å²) in [6.45, 7) is 2.68. The number of amides is 5. The summed E-state index contributed by atoms with van der Waals surface area (Å²) in [5.74, 6) is -1.07. The van der Waals surface area contributed by atoms with Gasteiger partial charge in [-0.25, -0.2) is 0 Å². The minimum atomic E-state index is -0.584. The number of hydroxylamine groups is 1. The smallest absolute Gasteiger partial charge is 0.245 e. The molecule has 2 unspecified atom stereocenters. The van der Waals surface area contributed by atoms with E-state index in [4.69, 9.17) is 19.0 Å². The van der Waals surface area contributed by atoms with E-state index in [0.717, 1.165) is 6.42 Å². The molecular weight excluding hydrogens is 586 g/mol. The van der Waals surface area contributed by atoms with E-state index in [1.54, 1.807) is 0 Å². The maximum Gasteiger partial charge on any atom is 0.245 e. The van der Waals surface area contributed by atoms with Gasteiger partial charge in [0, 0.05) is 32.5 Å². The predicted octanol–water partition coefficient (Wildman–Crippen LogP) is -1.11. The number of carbonyl (C=O) groups excluding carboxylic acids is 6. The Morgan fingerprint density at radius 2 is 1.60 bits per heavy atom. The third-order valence-corrected chi connectivity index (χ3v) is 6.63. The fourth-order valence-corrected chi connectivity index (χ4v) is 4.29. The summed E-state index contributed by atoms with van der Waals surface area (Å²) in [7, 11) is 1.41. The number of carbonyl (C=O) groups is 6. The SMILES string of the molecule is CONC(CCCCNC(=O)COCCOCCOCCNC(=O)CCCCCN1C(=O)CC(S)C1=O)C(=O)NCC=O. The zero-order valence-corrected chi connectivity index (χ0v) is 25.8. The molecular formula is C27H47N5O10S. The van der Waals surface area contributed by atoms with Crippen LogP contribution in [0.4, 0.5) is 0 Å². The van der Waals surface area contributed by atoms with Crippen LogP contribution in [0.25, 0.3) is 0 Å². The molecule has 5 amide bonds. The summed E-state index contributed by atoms with van der Waals surface area (Å²) >= 11 is 4.09. The van der Waals surface area contributed by atoms with Gasteiger partial charge < -0.3 is 39.8 Å². The van der Waals surface area contributed by atoms with Crippen molar-refractivity contribution in [2.24, 2.45) is 0 Å². The van der Waals surface area contributed by atoms with Crippen LogP contribution in [0.5, 0.6) is 0 Å². The second-order valence-electron chi connectivity index (χ2n) is 9.67. The molecule has 1 aliphatic rings. The summed E-state index contributed by atoms with van der Waals surface area (Å²) < 4.78 is 16.1. The van der Waals surface area contributed by atoms with E-state index in [1.807, 2.05) is 0 Å². The van der Waals surface area contributed by atoms with Gasteiger partial charge in [-0.05, 0) is 32.1 Å². The molecule has 0 aromatic carbocycles. The quantitative estimate of drug-likeness (QED) is 0.0242. The summed E-state index contributed by atoms with van der Waals surface area (Å²) in [5, 5.41) is 7.46. The number of nitrogens with one attached hydrogen (secondary N) is 4. The molecule has 2 atom stereocenters. The Labute approximate surface area is 258 Å². The molecule has 1 fully saturated rings. The lowest BCUT2D eigenvalue weighted by molar-refractivity contribution is -0.138. The van der Waals surface area contributed by atoms with Crippen LogP contribution in [0.3, 0.4) is 0 Å². The molecule has 0 aromatic heterocycles. The van der Waals surface area contributed by atoms with Crippen LogP contribution in [-0.4, -0.2) is 125 Å². The summed E-state index contributed by atoms with van der Waals surface area (Å²) in [5.41, 5.74) is 2.59. The van der Waals surface area contributed by atoms with Gasteiger partial charge in [0.1, 0.15) is 18.9 Å². The van der Waals surface area contributed by atoms with Crippen LogP contribution in [-0.2, 0) is 47.8 Å². The van der Waals surface area contributed by atoms with Crippen LogP contribution in [0.1, 0.15) is 51.4 Å². The predicted molar refractivity (Wildman–Crippen MR) is 158 cm³/mol. The van der Waals surface area contributed by atoms with Crippen LogP contribution in [0, 0.1) is 0 Å². The van der Waals surface area contributed by atoms with Gasteiger partial charge in [0.25, 0.3) is 0 Å². The van der Waals surface area contributed by atoms with E-state index in [-0.39, 0.29) is 55.7 Å². The molecule has 1 saturated heterocycles. The summed E-state index contributed by atoms with van der Waals surface area (Å²) in [4.78, 5) is 75.6. The molecule has 246 valence electrons. The molecule has 1 heterocycles. The zero-order valence-electron chi connectivity index (χ0n) is 24.9. The third kappa shape index (κ3) is 18.6. The van der Waals surface area contributed by atoms with Crippen molar-refractivity contribution < 1.29 is 47.8 Å². The second kappa shape index (κ2) is 24.8. The van der Waals surface area contributed by atoms with Gasteiger partial charge in [-0.3, -0.25) is 28.9 Å². The van der Waals surface area contributed by atoms with Gasteiger partial charge in [-0.1, -0.05) is 6.42 Å². The van der Waals surface area contributed by atoms with Crippen molar-refractivity contribution in [3.05, 3.63) is 0 Å². The Morgan fingerprint density at radius 1 is 0.907 bits per heavy atom. The van der Waals surface area contributed by atoms with Crippen molar-refractivity contribution in [3.63, 3.8) is 0 Å². The number of hydrogen-bond donors (Lipinski definition) is 5. The fraction of sp³-hybridized carbons (Fsp3) is 0.778. The van der Waals surface area contributed by atoms with Gasteiger partial charge in [0.2, 0.25) is 29.5 Å². The first-order valence-electron chi connectivity index (χ1n) is 14.6. The molecule has 4 N–H and O–H groups in total. The maximum atomic E-state index is 11.9. The van der Waals surface area contributed by atoms with E-state index < -0.39 is 11.3 Å². The van der Waals surface area contributed by atoms with Gasteiger partial charge in [-0.2, -0.15) is 18.1 Å². The van der Waals surface area contributed by atoms with Crippen molar-refractivity contribution in [1.82, 2.24) is 26.3 Å². The molecule has 0 spiro atoms. The molecule has 0 radical (unpaired) electrons. The van der Waals surface area contributed by atoms with Gasteiger partial charge in [0.05, 0.1) is 51.9 Å². The molecule has 16 heteroatoms. The van der Waals surface area contributed by atoms with Crippen molar-refractivity contribution in [3.8, 4) is 0 Å². The van der Waals surface area contributed by atoms with Gasteiger partial charge in [0.15, 0.2) is 0 Å². The summed E-state index contributed by atoms with van der Waals surface area (Å²) in [6, 6.07) is -0.584. The third-order valence-electron chi connectivity index (χ3n) is 6.23. The lowest BCUT2D eigenvalue weighted by Gasteiger charge is -2.16. The lowest BCUT2D eigenvalue weighted by Crippen LogP contribution is -2.44. The van der Waals surface area contributed by atoms with Crippen molar-refractivity contribution >= 4 is 48.5 Å². The van der Waals surface area contributed by atoms with Crippen LogP contribution < -0.4 is 21.4 Å². The molecule has 0 aromatic rings. The number of rotatable bonds is 27. The Balaban J connectivity index is 1.87. The minimum Gasteiger partial charge on any atom is -0.377 e. The van der Waals surface area contributed by atoms with Crippen LogP contribution in [0.2, 0.25) is 0 Å². The first-order chi connectivity index (χ1) is 20.8. The summed E-state index contributed by atoms with van der Waals surface area (Å²) in [6.07, 6.45) is 5.00. The fourth-order valence-electron chi connectivity index (χ4n) is 3.99. The Hall–Kier alpha value is -2.63. The molecule has 0 saturated carbocycles. The molecule has 1 aliphatic heterocycles. The highest BCUT2D eigenvalue weighted by atomic mass is 32.1. The topological polar surface area (TPSA) is 191 Å². The molecule has 0 bridgehead atoms. The van der Waals surface area contributed by atoms with Crippen LogP contribution >= 0.6 is 12.6 Å². The van der Waals surface area contributed by atoms with Crippen molar-refractivity contribution in [1.29, 1.82) is 0 Å². The number of likely N-dealkylation sites (tertiary alicyclic amines) is 1. The van der Waals surface area contributed by atoms with Crippen LogP contribution in [0.15, 0.2) is 0 Å². The maximum absolute atomic E-state index is 11.9. The standard InChI is InChI=1S/C27H47N5O10S/c1-39-31-21(26(37)30-10-13-33)7-4-5-9-28-24(35)20-42-18-17-41-16-15-40-14-11-29-23(34)8-3-2-6-12-32-25(36)19-22(43)27(32)38/h13,21-22,31,43H,2-12,14-20H2,1H3,(H,28,35)(H,29,34)(H,30,37). The number of thiol groups is 1. The van der Waals surface area contributed by atoms with Gasteiger partial charge in [-0.15, -0.1) is 0 Å². The zero-order chi connectivity index (χ0) is 31.7. The number of imide groups is 1. The lowest BCUT2D eigenvalue weighted by atomic mass is 10.1. The highest BCUT2D eigenvalue weighted by Gasteiger charge is 2.35. The monoisotopic (exact) mass is 633 g/mol. The normalized spacial score (nSPS) is 15.4. The van der Waals surface area contributed by atoms with E-state index in [1.165, 1.54) is 12.0 Å². The Morgan fingerprint density at radius 3 is 2.28 bits per heavy atom. The number of nitrogens with zero attached hydrogens (tertiary/aromatic N) is 1. The van der Waals surface area contributed by atoms with E-state index in [2.05, 4.69) is 34.1 Å². The van der Waals surface area contributed by atoms with E-state index in [0.29, 0.717) is 90.9 Å². The number of aldehydes is 1. The van der Waals surface area contributed by atoms with Crippen molar-refractivity contribution in [2.75, 3.05) is 72.9 Å². The van der Waals surface area contributed by atoms with E-state index >= 15 is 0 Å². The van der Waals surface area contributed by atoms with E-state index in [9.17, 15) is 28.8 Å². The highest BCUT2D eigenvalue weighted by molar-refractivity contribution is 7.81. The minimum absolute atomic E-state index is 0.0600. The first-order valence-corrected chi connectivity index (χ1v) is 15.1. The number of unbranched alkanes of at least 4 members (excludes halogenated alkanes) is 3. The highest BCUT2D eigenvalue weighted by Crippen LogP contribution is 2.18. The Kier molecular flexibility index (Phi) is 22.1. The number of hydrogen-bond acceptors (Lipinski definition) is 12. The largest absolute Gasteiger partial charge is 0.377 e. The molecule has 1 rings (SSSR count). The average Bonchev–Trinajstić information content (AvgIpc) is 3.23. The van der Waals surface area contributed by atoms with Crippen molar-refractivity contribution in [2.45, 2.75) is 62.7 Å². The average molecular weight is 634 g/mol. The first kappa shape index (κ1) is 38.4. The number of ether oxygens (including phenoxy) is 3. The Bertz CT molecular complexity index is 866. The van der Waals surface area contributed by atoms with Gasteiger partial charge >= 0.3 is 0 Å². The molecule has 0 aliphatic carbocycles. The second-order valence-corrected chi connectivity index (χ2v) is 10.3. The molecule has 15 nitrogen and oxygen atoms in total. The molecule has 43 heavy (non-hydrogen) atoms.